The van der Waals surface area contributed by atoms with Gasteiger partial charge in [-0.05, 0) is 25.6 Å². The Bertz CT molecular complexity index is 432. The number of nitro groups is 1. The molecule has 0 fully saturated rings. The van der Waals surface area contributed by atoms with Gasteiger partial charge in [-0.15, -0.1) is 0 Å². The average molecular weight is 237 g/mol. The van der Waals surface area contributed by atoms with Crippen molar-refractivity contribution in [2.45, 2.75) is 13.3 Å². The van der Waals surface area contributed by atoms with E-state index in [2.05, 4.69) is 10.6 Å². The minimum Gasteiger partial charge on any atom is -0.326 e. The van der Waals surface area contributed by atoms with Crippen LogP contribution in [-0.4, -0.2) is 24.4 Å². The number of hydrogen-bond acceptors (Lipinski definition) is 4. The molecule has 0 saturated heterocycles. The molecule has 1 rings (SSSR count). The third kappa shape index (κ3) is 3.84. The average Bonchev–Trinajstić information content (AvgIpc) is 2.28. The zero-order chi connectivity index (χ0) is 12.8. The van der Waals surface area contributed by atoms with E-state index in [-0.39, 0.29) is 11.6 Å². The number of amides is 1. The molecule has 0 aliphatic rings. The lowest BCUT2D eigenvalue weighted by atomic mass is 10.1. The monoisotopic (exact) mass is 237 g/mol. The number of carbonyl (C=O) groups is 1. The number of nitrogens with one attached hydrogen (secondary N) is 2. The Balaban J connectivity index is 2.72. The smallest absolute Gasteiger partial charge is 0.269 e. The largest absolute Gasteiger partial charge is 0.326 e. The molecule has 0 spiro atoms. The SMILES string of the molecule is CNCCC(=O)Nc1ccc([N+](=O)[O-])cc1C. The first kappa shape index (κ1) is 13.1. The van der Waals surface area contributed by atoms with E-state index in [9.17, 15) is 14.9 Å². The lowest BCUT2D eigenvalue weighted by Gasteiger charge is -2.07. The molecule has 0 aromatic heterocycles. The van der Waals surface area contributed by atoms with Gasteiger partial charge in [-0.1, -0.05) is 0 Å². The molecule has 6 nitrogen and oxygen atoms in total. The van der Waals surface area contributed by atoms with Gasteiger partial charge in [0.15, 0.2) is 0 Å². The van der Waals surface area contributed by atoms with E-state index in [0.717, 1.165) is 0 Å². The van der Waals surface area contributed by atoms with Gasteiger partial charge < -0.3 is 10.6 Å². The molecular formula is C11H15N3O3. The minimum atomic E-state index is -0.459. The van der Waals surface area contributed by atoms with Crippen LogP contribution in [0.15, 0.2) is 18.2 Å². The summed E-state index contributed by atoms with van der Waals surface area (Å²) in [5.74, 6) is -0.115. The van der Waals surface area contributed by atoms with E-state index < -0.39 is 4.92 Å². The highest BCUT2D eigenvalue weighted by molar-refractivity contribution is 5.91. The Morgan fingerprint density at radius 2 is 2.18 bits per heavy atom. The number of non-ortho nitro benzene ring substituents is 1. The van der Waals surface area contributed by atoms with Crippen molar-refractivity contribution in [2.75, 3.05) is 18.9 Å². The van der Waals surface area contributed by atoms with Gasteiger partial charge in [-0.3, -0.25) is 14.9 Å². The Kier molecular flexibility index (Phi) is 4.59. The summed E-state index contributed by atoms with van der Waals surface area (Å²) in [6.45, 7) is 2.32. The lowest BCUT2D eigenvalue weighted by molar-refractivity contribution is -0.384. The van der Waals surface area contributed by atoms with Gasteiger partial charge in [-0.2, -0.15) is 0 Å². The van der Waals surface area contributed by atoms with Crippen LogP contribution < -0.4 is 10.6 Å². The molecule has 2 N–H and O–H groups in total. The number of hydrogen-bond donors (Lipinski definition) is 2. The van der Waals surface area contributed by atoms with Gasteiger partial charge >= 0.3 is 0 Å². The summed E-state index contributed by atoms with van der Waals surface area (Å²) in [7, 11) is 1.77. The summed E-state index contributed by atoms with van der Waals surface area (Å²) >= 11 is 0. The molecule has 0 aliphatic heterocycles. The van der Waals surface area contributed by atoms with Gasteiger partial charge in [0.2, 0.25) is 5.91 Å². The third-order valence-electron chi connectivity index (χ3n) is 2.30. The summed E-state index contributed by atoms with van der Waals surface area (Å²) in [6, 6.07) is 4.36. The first-order valence-electron chi connectivity index (χ1n) is 5.24. The van der Waals surface area contributed by atoms with Crippen molar-refractivity contribution in [3.63, 3.8) is 0 Å². The molecular weight excluding hydrogens is 222 g/mol. The molecule has 0 heterocycles. The van der Waals surface area contributed by atoms with Gasteiger partial charge in [0, 0.05) is 30.8 Å². The Morgan fingerprint density at radius 3 is 2.71 bits per heavy atom. The van der Waals surface area contributed by atoms with E-state index in [1.165, 1.54) is 12.1 Å². The molecule has 0 radical (unpaired) electrons. The number of rotatable bonds is 5. The number of benzene rings is 1. The molecule has 0 saturated carbocycles. The van der Waals surface area contributed by atoms with Crippen molar-refractivity contribution in [3.05, 3.63) is 33.9 Å². The summed E-state index contributed by atoms with van der Waals surface area (Å²) in [5.41, 5.74) is 1.31. The van der Waals surface area contributed by atoms with Crippen LogP contribution in [0.25, 0.3) is 0 Å². The van der Waals surface area contributed by atoms with E-state index in [1.54, 1.807) is 20.0 Å². The normalized spacial score (nSPS) is 10.0. The number of nitro benzene ring substituents is 1. The first-order chi connectivity index (χ1) is 8.04. The highest BCUT2D eigenvalue weighted by Gasteiger charge is 2.09. The van der Waals surface area contributed by atoms with Gasteiger partial charge in [0.05, 0.1) is 4.92 Å². The van der Waals surface area contributed by atoms with Crippen LogP contribution in [0.5, 0.6) is 0 Å². The van der Waals surface area contributed by atoms with Crippen molar-refractivity contribution >= 4 is 17.3 Å². The fourth-order valence-electron chi connectivity index (χ4n) is 1.35. The summed E-state index contributed by atoms with van der Waals surface area (Å²) in [4.78, 5) is 21.5. The number of nitrogens with zero attached hydrogens (tertiary/aromatic N) is 1. The van der Waals surface area contributed by atoms with Crippen LogP contribution in [0, 0.1) is 17.0 Å². The van der Waals surface area contributed by atoms with Crippen LogP contribution in [0.4, 0.5) is 11.4 Å². The van der Waals surface area contributed by atoms with Crippen molar-refractivity contribution in [1.82, 2.24) is 5.32 Å². The number of anilines is 1. The fraction of sp³-hybridized carbons (Fsp3) is 0.364. The van der Waals surface area contributed by atoms with Crippen molar-refractivity contribution < 1.29 is 9.72 Å². The number of carbonyl (C=O) groups excluding carboxylic acids is 1. The van der Waals surface area contributed by atoms with Crippen LogP contribution in [-0.2, 0) is 4.79 Å². The highest BCUT2D eigenvalue weighted by atomic mass is 16.6. The van der Waals surface area contributed by atoms with E-state index in [0.29, 0.717) is 24.2 Å². The molecule has 0 atom stereocenters. The molecule has 0 unspecified atom stereocenters. The zero-order valence-corrected chi connectivity index (χ0v) is 9.82. The maximum Gasteiger partial charge on any atom is 0.269 e. The second-order valence-electron chi connectivity index (χ2n) is 3.66. The van der Waals surface area contributed by atoms with E-state index in [1.807, 2.05) is 0 Å². The predicted octanol–water partition coefficient (Wildman–Crippen LogP) is 1.45. The summed E-state index contributed by atoms with van der Waals surface area (Å²) in [5, 5.41) is 16.1. The molecule has 1 amide bonds. The molecule has 6 heteroatoms. The molecule has 0 aliphatic carbocycles. The van der Waals surface area contributed by atoms with E-state index in [4.69, 9.17) is 0 Å². The standard InChI is InChI=1S/C11H15N3O3/c1-8-7-9(14(16)17)3-4-10(8)13-11(15)5-6-12-2/h3-4,7,12H,5-6H2,1-2H3,(H,13,15). The fourth-order valence-corrected chi connectivity index (χ4v) is 1.35. The van der Waals surface area contributed by atoms with Crippen LogP contribution in [0.2, 0.25) is 0 Å². The van der Waals surface area contributed by atoms with Crippen LogP contribution in [0.1, 0.15) is 12.0 Å². The van der Waals surface area contributed by atoms with Gasteiger partial charge in [0.25, 0.3) is 5.69 Å². The quantitative estimate of drug-likeness (QED) is 0.599. The van der Waals surface area contributed by atoms with Gasteiger partial charge in [-0.25, -0.2) is 0 Å². The number of aryl methyl sites for hydroxylation is 1. The van der Waals surface area contributed by atoms with Gasteiger partial charge in [0.1, 0.15) is 0 Å². The minimum absolute atomic E-state index is 0.0238. The van der Waals surface area contributed by atoms with Crippen LogP contribution >= 0.6 is 0 Å². The summed E-state index contributed by atoms with van der Waals surface area (Å²) in [6.07, 6.45) is 0.368. The third-order valence-corrected chi connectivity index (χ3v) is 2.30. The molecule has 0 bridgehead atoms. The summed E-state index contributed by atoms with van der Waals surface area (Å²) < 4.78 is 0. The highest BCUT2D eigenvalue weighted by Crippen LogP contribution is 2.21. The van der Waals surface area contributed by atoms with Crippen molar-refractivity contribution in [1.29, 1.82) is 0 Å². The second kappa shape index (κ2) is 5.95. The van der Waals surface area contributed by atoms with Crippen LogP contribution in [0.3, 0.4) is 0 Å². The van der Waals surface area contributed by atoms with E-state index >= 15 is 0 Å². The maximum atomic E-state index is 11.5. The maximum absolute atomic E-state index is 11.5. The second-order valence-corrected chi connectivity index (χ2v) is 3.66. The Hall–Kier alpha value is -1.95. The molecule has 1 aromatic rings. The van der Waals surface area contributed by atoms with Crippen molar-refractivity contribution in [2.24, 2.45) is 0 Å². The Labute approximate surface area is 99.2 Å². The zero-order valence-electron chi connectivity index (χ0n) is 9.82. The Morgan fingerprint density at radius 1 is 1.47 bits per heavy atom. The topological polar surface area (TPSA) is 84.3 Å². The predicted molar refractivity (Wildman–Crippen MR) is 65.0 cm³/mol. The first-order valence-corrected chi connectivity index (χ1v) is 5.24. The molecule has 17 heavy (non-hydrogen) atoms. The van der Waals surface area contributed by atoms with Crippen molar-refractivity contribution in [3.8, 4) is 0 Å². The molecule has 92 valence electrons. The lowest BCUT2D eigenvalue weighted by Crippen LogP contribution is -2.19. The molecule has 1 aromatic carbocycles.